The predicted molar refractivity (Wildman–Crippen MR) is 124 cm³/mol. The highest BCUT2D eigenvalue weighted by Gasteiger charge is 2.35. The van der Waals surface area contributed by atoms with Crippen LogP contribution in [0.1, 0.15) is 43.4 Å². The Bertz CT molecular complexity index is 879. The molecule has 2 aromatic rings. The highest BCUT2D eigenvalue weighted by molar-refractivity contribution is 5.82. The maximum Gasteiger partial charge on any atom is 0.241 e. The summed E-state index contributed by atoms with van der Waals surface area (Å²) in [6, 6.07) is 16.6. The van der Waals surface area contributed by atoms with Crippen LogP contribution >= 0.6 is 0 Å². The summed E-state index contributed by atoms with van der Waals surface area (Å²) in [6.07, 6.45) is 2.88. The Morgan fingerprint density at radius 2 is 1.87 bits per heavy atom. The summed E-state index contributed by atoms with van der Waals surface area (Å²) >= 11 is 0. The number of unbranched alkanes of at least 4 members (excludes halogenated alkanes) is 1. The molecule has 166 valence electrons. The molecule has 2 fully saturated rings. The van der Waals surface area contributed by atoms with Crippen molar-refractivity contribution in [1.29, 1.82) is 0 Å². The molecule has 31 heavy (non-hydrogen) atoms. The van der Waals surface area contributed by atoms with E-state index in [9.17, 15) is 4.79 Å². The number of carbonyl (C=O) groups excluding carboxylic acids is 1. The molecule has 6 heteroatoms. The van der Waals surface area contributed by atoms with E-state index in [0.29, 0.717) is 0 Å². The van der Waals surface area contributed by atoms with Gasteiger partial charge in [0.25, 0.3) is 0 Å². The third kappa shape index (κ3) is 5.20. The minimum Gasteiger partial charge on any atom is -0.493 e. The number of hydrogen-bond acceptors (Lipinski definition) is 5. The molecule has 4 rings (SSSR count). The van der Waals surface area contributed by atoms with E-state index >= 15 is 0 Å². The zero-order valence-electron chi connectivity index (χ0n) is 18.6. The molecule has 1 amide bonds. The van der Waals surface area contributed by atoms with Crippen molar-refractivity contribution in [1.82, 2.24) is 15.8 Å². The SMILES string of the molecule is CCCCOc1ccccc1C1CC(C(=O)N2CCN(c3cccc(C)c3)CC2)NN1. The van der Waals surface area contributed by atoms with Gasteiger partial charge in [-0.2, -0.15) is 0 Å². The van der Waals surface area contributed by atoms with Gasteiger partial charge in [-0.1, -0.05) is 43.7 Å². The molecule has 2 unspecified atom stereocenters. The van der Waals surface area contributed by atoms with Crippen LogP contribution < -0.4 is 20.5 Å². The van der Waals surface area contributed by atoms with Crippen molar-refractivity contribution >= 4 is 11.6 Å². The largest absolute Gasteiger partial charge is 0.493 e. The Kier molecular flexibility index (Phi) is 7.10. The summed E-state index contributed by atoms with van der Waals surface area (Å²) in [4.78, 5) is 17.5. The van der Waals surface area contributed by atoms with E-state index in [0.717, 1.165) is 63.4 Å². The summed E-state index contributed by atoms with van der Waals surface area (Å²) < 4.78 is 6.00. The van der Waals surface area contributed by atoms with Crippen molar-refractivity contribution in [3.63, 3.8) is 0 Å². The lowest BCUT2D eigenvalue weighted by atomic mass is 10.0. The Hall–Kier alpha value is -2.57. The number of nitrogens with one attached hydrogen (secondary N) is 2. The van der Waals surface area contributed by atoms with Crippen LogP contribution in [-0.4, -0.2) is 49.6 Å². The van der Waals surface area contributed by atoms with Gasteiger partial charge >= 0.3 is 0 Å². The number of piperazine rings is 1. The van der Waals surface area contributed by atoms with Crippen LogP contribution in [0.15, 0.2) is 48.5 Å². The Labute approximate surface area is 185 Å². The maximum absolute atomic E-state index is 13.1. The lowest BCUT2D eigenvalue weighted by Gasteiger charge is -2.37. The first kappa shape index (κ1) is 21.7. The van der Waals surface area contributed by atoms with E-state index in [4.69, 9.17) is 4.74 Å². The van der Waals surface area contributed by atoms with E-state index in [2.05, 4.69) is 59.9 Å². The highest BCUT2D eigenvalue weighted by Crippen LogP contribution is 2.31. The van der Waals surface area contributed by atoms with E-state index < -0.39 is 0 Å². The second kappa shape index (κ2) is 10.2. The fourth-order valence-corrected chi connectivity index (χ4v) is 4.38. The summed E-state index contributed by atoms with van der Waals surface area (Å²) in [5.74, 6) is 1.10. The van der Waals surface area contributed by atoms with E-state index in [1.165, 1.54) is 11.3 Å². The van der Waals surface area contributed by atoms with E-state index in [1.54, 1.807) is 0 Å². The fraction of sp³-hybridized carbons (Fsp3) is 0.480. The van der Waals surface area contributed by atoms with Crippen LogP contribution in [0.4, 0.5) is 5.69 Å². The topological polar surface area (TPSA) is 56.8 Å². The Morgan fingerprint density at radius 1 is 1.06 bits per heavy atom. The molecule has 0 bridgehead atoms. The Morgan fingerprint density at radius 3 is 2.65 bits per heavy atom. The number of ether oxygens (including phenoxy) is 1. The van der Waals surface area contributed by atoms with Crippen LogP contribution in [0, 0.1) is 6.92 Å². The monoisotopic (exact) mass is 422 g/mol. The Balaban J connectivity index is 1.32. The third-order valence-electron chi connectivity index (χ3n) is 6.21. The number of amides is 1. The first-order valence-corrected chi connectivity index (χ1v) is 11.5. The van der Waals surface area contributed by atoms with Crippen molar-refractivity contribution in [3.05, 3.63) is 59.7 Å². The van der Waals surface area contributed by atoms with Gasteiger partial charge in [0.1, 0.15) is 11.8 Å². The van der Waals surface area contributed by atoms with Crippen molar-refractivity contribution in [2.45, 2.75) is 45.2 Å². The van der Waals surface area contributed by atoms with Crippen LogP contribution in [0.3, 0.4) is 0 Å². The number of aryl methyl sites for hydroxylation is 1. The smallest absolute Gasteiger partial charge is 0.241 e. The maximum atomic E-state index is 13.1. The molecular formula is C25H34N4O2. The second-order valence-corrected chi connectivity index (χ2v) is 8.52. The minimum absolute atomic E-state index is 0.0698. The van der Waals surface area contributed by atoms with Crippen molar-refractivity contribution in [2.24, 2.45) is 0 Å². The van der Waals surface area contributed by atoms with E-state index in [1.807, 2.05) is 23.1 Å². The molecule has 0 saturated carbocycles. The van der Waals surface area contributed by atoms with Crippen LogP contribution in [-0.2, 0) is 4.79 Å². The number of hydrazine groups is 1. The number of nitrogens with zero attached hydrogens (tertiary/aromatic N) is 2. The first-order valence-electron chi connectivity index (χ1n) is 11.5. The molecule has 0 aromatic heterocycles. The number of rotatable bonds is 7. The zero-order valence-corrected chi connectivity index (χ0v) is 18.6. The molecule has 2 aliphatic rings. The van der Waals surface area contributed by atoms with Gasteiger partial charge in [-0.25, -0.2) is 10.9 Å². The van der Waals surface area contributed by atoms with Crippen LogP contribution in [0.2, 0.25) is 0 Å². The number of para-hydroxylation sites is 1. The molecule has 2 N–H and O–H groups in total. The van der Waals surface area contributed by atoms with Crippen molar-refractivity contribution in [2.75, 3.05) is 37.7 Å². The highest BCUT2D eigenvalue weighted by atomic mass is 16.5. The summed E-state index contributed by atoms with van der Waals surface area (Å²) in [5.41, 5.74) is 10.2. The molecule has 0 spiro atoms. The van der Waals surface area contributed by atoms with E-state index in [-0.39, 0.29) is 18.0 Å². The second-order valence-electron chi connectivity index (χ2n) is 8.52. The molecule has 6 nitrogen and oxygen atoms in total. The van der Waals surface area contributed by atoms with Gasteiger partial charge in [0, 0.05) is 37.4 Å². The molecule has 0 aliphatic carbocycles. The number of anilines is 1. The zero-order chi connectivity index (χ0) is 21.6. The fourth-order valence-electron chi connectivity index (χ4n) is 4.38. The molecule has 0 radical (unpaired) electrons. The lowest BCUT2D eigenvalue weighted by Crippen LogP contribution is -2.53. The van der Waals surface area contributed by atoms with Gasteiger partial charge in [0.15, 0.2) is 0 Å². The molecule has 2 heterocycles. The molecule has 2 aliphatic heterocycles. The number of benzene rings is 2. The standard InChI is InChI=1S/C25H34N4O2/c1-3-4-16-31-24-11-6-5-10-21(24)22-18-23(27-26-22)25(30)29-14-12-28(13-15-29)20-9-7-8-19(2)17-20/h5-11,17,22-23,26-27H,3-4,12-16,18H2,1-2H3. The minimum atomic E-state index is -0.209. The lowest BCUT2D eigenvalue weighted by molar-refractivity contribution is -0.133. The van der Waals surface area contributed by atoms with Gasteiger partial charge in [-0.15, -0.1) is 0 Å². The predicted octanol–water partition coefficient (Wildman–Crippen LogP) is 3.43. The molecule has 2 saturated heterocycles. The van der Waals surface area contributed by atoms with Crippen molar-refractivity contribution < 1.29 is 9.53 Å². The summed E-state index contributed by atoms with van der Waals surface area (Å²) in [5, 5.41) is 0. The number of carbonyl (C=O) groups is 1. The van der Waals surface area contributed by atoms with Gasteiger partial charge in [0.2, 0.25) is 5.91 Å². The first-order chi connectivity index (χ1) is 15.2. The molecular weight excluding hydrogens is 388 g/mol. The van der Waals surface area contributed by atoms with Crippen molar-refractivity contribution in [3.8, 4) is 5.75 Å². The van der Waals surface area contributed by atoms with Crippen LogP contribution in [0.25, 0.3) is 0 Å². The van der Waals surface area contributed by atoms with Gasteiger partial charge in [-0.3, -0.25) is 4.79 Å². The van der Waals surface area contributed by atoms with Gasteiger partial charge < -0.3 is 14.5 Å². The molecule has 2 atom stereocenters. The average molecular weight is 423 g/mol. The number of hydrogen-bond donors (Lipinski definition) is 2. The quantitative estimate of drug-likeness (QED) is 0.670. The normalized spacial score (nSPS) is 21.4. The van der Waals surface area contributed by atoms with Crippen LogP contribution in [0.5, 0.6) is 5.75 Å². The third-order valence-corrected chi connectivity index (χ3v) is 6.21. The summed E-state index contributed by atoms with van der Waals surface area (Å²) in [6.45, 7) is 8.25. The van der Waals surface area contributed by atoms with Gasteiger partial charge in [0.05, 0.1) is 12.6 Å². The molecule has 2 aromatic carbocycles. The summed E-state index contributed by atoms with van der Waals surface area (Å²) in [7, 11) is 0. The average Bonchev–Trinajstić information content (AvgIpc) is 3.29. The van der Waals surface area contributed by atoms with Gasteiger partial charge in [-0.05, 0) is 43.5 Å².